The van der Waals surface area contributed by atoms with Crippen molar-refractivity contribution in [2.75, 3.05) is 24.8 Å². The molecule has 226 valence electrons. The second kappa shape index (κ2) is 15.2. The quantitative estimate of drug-likeness (QED) is 0.162. The number of amides is 1. The number of rotatable bonds is 12. The number of esters is 1. The highest BCUT2D eigenvalue weighted by Gasteiger charge is 2.36. The lowest BCUT2D eigenvalue weighted by Gasteiger charge is -2.29. The van der Waals surface area contributed by atoms with Crippen molar-refractivity contribution in [3.8, 4) is 17.6 Å². The zero-order chi connectivity index (χ0) is 31.6. The number of nitriles is 1. The van der Waals surface area contributed by atoms with Gasteiger partial charge in [-0.3, -0.25) is 4.79 Å². The summed E-state index contributed by atoms with van der Waals surface area (Å²) in [4.78, 5) is 26.1. The highest BCUT2D eigenvalue weighted by Crippen LogP contribution is 2.43. The number of benzene rings is 3. The smallest absolute Gasteiger partial charge is 0.337 e. The van der Waals surface area contributed by atoms with Crippen LogP contribution in [0.5, 0.6) is 11.5 Å². The van der Waals surface area contributed by atoms with Crippen molar-refractivity contribution in [3.63, 3.8) is 0 Å². The molecular weight excluding hydrogens is 598 g/mol. The molecule has 0 spiro atoms. The zero-order valence-corrected chi connectivity index (χ0v) is 26.2. The van der Waals surface area contributed by atoms with Crippen LogP contribution in [0.4, 0.5) is 5.69 Å². The standard InChI is InChI=1S/C34H32ClN3O5S/c1-5-13-42-34(40)31-22(3)37-33(44-20-30(39)38-26-15-21(2)14-25(35)17-26)27(18-36)32(31)24-11-12-28(29(16-24)41-4)43-19-23-9-7-6-8-10-23/h5-12,14-17,32,37H,1,13,19-20H2,2-4H3,(H,38,39)/t32-/m0/s1. The van der Waals surface area contributed by atoms with E-state index in [9.17, 15) is 14.9 Å². The van der Waals surface area contributed by atoms with Crippen LogP contribution in [0.1, 0.15) is 29.5 Å². The van der Waals surface area contributed by atoms with Gasteiger partial charge in [0.25, 0.3) is 0 Å². The molecule has 2 N–H and O–H groups in total. The van der Waals surface area contributed by atoms with Crippen LogP contribution in [0, 0.1) is 18.3 Å². The van der Waals surface area contributed by atoms with Crippen LogP contribution in [-0.2, 0) is 20.9 Å². The van der Waals surface area contributed by atoms with Gasteiger partial charge in [0.1, 0.15) is 13.2 Å². The van der Waals surface area contributed by atoms with E-state index < -0.39 is 11.9 Å². The van der Waals surface area contributed by atoms with Crippen LogP contribution in [0.2, 0.25) is 5.02 Å². The van der Waals surface area contributed by atoms with E-state index in [0.29, 0.717) is 45.1 Å². The number of methoxy groups -OCH3 is 1. The van der Waals surface area contributed by atoms with Crippen LogP contribution in [0.3, 0.4) is 0 Å². The molecule has 0 radical (unpaired) electrons. The van der Waals surface area contributed by atoms with Gasteiger partial charge < -0.3 is 24.8 Å². The van der Waals surface area contributed by atoms with E-state index in [0.717, 1.165) is 22.9 Å². The van der Waals surface area contributed by atoms with E-state index in [1.54, 1.807) is 37.3 Å². The van der Waals surface area contributed by atoms with E-state index in [1.807, 2.05) is 43.3 Å². The van der Waals surface area contributed by atoms with Crippen molar-refractivity contribution >= 4 is 40.9 Å². The molecule has 3 aromatic carbocycles. The SMILES string of the molecule is C=CCOC(=O)C1=C(C)NC(SCC(=O)Nc2cc(C)cc(Cl)c2)=C(C#N)[C@@H]1c1ccc(OCc2ccccc2)c(OC)c1. The lowest BCUT2D eigenvalue weighted by atomic mass is 9.82. The Labute approximate surface area is 266 Å². The molecule has 1 heterocycles. The molecule has 1 aliphatic heterocycles. The van der Waals surface area contributed by atoms with Gasteiger partial charge in [0.05, 0.1) is 41.0 Å². The fraction of sp³-hybridized carbons (Fsp3) is 0.206. The second-order valence-corrected chi connectivity index (χ2v) is 11.3. The Bertz CT molecular complexity index is 1640. The van der Waals surface area contributed by atoms with Crippen molar-refractivity contribution < 1.29 is 23.8 Å². The molecule has 1 amide bonds. The lowest BCUT2D eigenvalue weighted by molar-refractivity contribution is -0.138. The van der Waals surface area contributed by atoms with Gasteiger partial charge in [-0.15, -0.1) is 0 Å². The van der Waals surface area contributed by atoms with Crippen LogP contribution >= 0.6 is 23.4 Å². The Morgan fingerprint density at radius 3 is 2.57 bits per heavy atom. The Morgan fingerprint density at radius 1 is 1.11 bits per heavy atom. The van der Waals surface area contributed by atoms with Crippen molar-refractivity contribution in [3.05, 3.63) is 123 Å². The summed E-state index contributed by atoms with van der Waals surface area (Å²) in [6, 6.07) is 22.6. The van der Waals surface area contributed by atoms with Crippen LogP contribution < -0.4 is 20.1 Å². The summed E-state index contributed by atoms with van der Waals surface area (Å²) in [7, 11) is 1.53. The van der Waals surface area contributed by atoms with Crippen molar-refractivity contribution in [2.45, 2.75) is 26.4 Å². The summed E-state index contributed by atoms with van der Waals surface area (Å²) in [5.41, 5.74) is 4.14. The summed E-state index contributed by atoms with van der Waals surface area (Å²) in [5.74, 6) is -0.706. The van der Waals surface area contributed by atoms with Gasteiger partial charge in [0.2, 0.25) is 5.91 Å². The lowest BCUT2D eigenvalue weighted by Crippen LogP contribution is -2.29. The first kappa shape index (κ1) is 32.3. The summed E-state index contributed by atoms with van der Waals surface area (Å²) >= 11 is 7.29. The van der Waals surface area contributed by atoms with Crippen LogP contribution in [0.15, 0.2) is 101 Å². The average molecular weight is 630 g/mol. The number of aryl methyl sites for hydroxylation is 1. The Morgan fingerprint density at radius 2 is 1.89 bits per heavy atom. The highest BCUT2D eigenvalue weighted by atomic mass is 35.5. The summed E-state index contributed by atoms with van der Waals surface area (Å²) in [6.45, 7) is 7.58. The Hall–Kier alpha value is -4.65. The van der Waals surface area contributed by atoms with Gasteiger partial charge in [-0.05, 0) is 60.9 Å². The van der Waals surface area contributed by atoms with Crippen molar-refractivity contribution in [1.82, 2.24) is 5.32 Å². The molecular formula is C34H32ClN3O5S. The van der Waals surface area contributed by atoms with Crippen molar-refractivity contribution in [1.29, 1.82) is 5.26 Å². The minimum atomic E-state index is -0.795. The molecule has 44 heavy (non-hydrogen) atoms. The normalized spacial score (nSPS) is 14.3. The molecule has 4 rings (SSSR count). The predicted octanol–water partition coefficient (Wildman–Crippen LogP) is 7.03. The minimum absolute atomic E-state index is 0.00486. The van der Waals surface area contributed by atoms with Crippen LogP contribution in [0.25, 0.3) is 0 Å². The molecule has 0 unspecified atom stereocenters. The molecule has 1 aliphatic rings. The number of carbonyl (C=O) groups excluding carboxylic acids is 2. The summed E-state index contributed by atoms with van der Waals surface area (Å²) in [5, 5.41) is 17.4. The number of nitrogens with one attached hydrogen (secondary N) is 2. The molecule has 10 heteroatoms. The first-order valence-corrected chi connectivity index (χ1v) is 15.0. The third-order valence-electron chi connectivity index (χ3n) is 6.63. The predicted molar refractivity (Wildman–Crippen MR) is 173 cm³/mol. The molecule has 0 aromatic heterocycles. The monoisotopic (exact) mass is 629 g/mol. The second-order valence-electron chi connectivity index (χ2n) is 9.88. The highest BCUT2D eigenvalue weighted by molar-refractivity contribution is 8.03. The number of thioether (sulfide) groups is 1. The van der Waals surface area contributed by atoms with E-state index >= 15 is 0 Å². The molecule has 0 saturated heterocycles. The molecule has 3 aromatic rings. The molecule has 0 aliphatic carbocycles. The van der Waals surface area contributed by atoms with Gasteiger partial charge in [-0.2, -0.15) is 5.26 Å². The van der Waals surface area contributed by atoms with E-state index in [1.165, 1.54) is 13.2 Å². The van der Waals surface area contributed by atoms with Gasteiger partial charge in [-0.1, -0.05) is 72.4 Å². The Balaban J connectivity index is 1.65. The molecule has 0 fully saturated rings. The first-order valence-electron chi connectivity index (χ1n) is 13.7. The number of dihydropyridines is 1. The largest absolute Gasteiger partial charge is 0.493 e. The molecule has 0 bridgehead atoms. The Kier molecular flexibility index (Phi) is 11.1. The van der Waals surface area contributed by atoms with Crippen molar-refractivity contribution in [2.24, 2.45) is 0 Å². The summed E-state index contributed by atoms with van der Waals surface area (Å²) < 4.78 is 17.1. The topological polar surface area (TPSA) is 110 Å². The minimum Gasteiger partial charge on any atom is -0.493 e. The van der Waals surface area contributed by atoms with E-state index in [4.69, 9.17) is 25.8 Å². The number of anilines is 1. The van der Waals surface area contributed by atoms with Gasteiger partial charge in [0, 0.05) is 16.4 Å². The van der Waals surface area contributed by atoms with E-state index in [2.05, 4.69) is 23.3 Å². The van der Waals surface area contributed by atoms with Gasteiger partial charge >= 0.3 is 5.97 Å². The summed E-state index contributed by atoms with van der Waals surface area (Å²) in [6.07, 6.45) is 1.48. The molecule has 1 atom stereocenters. The zero-order valence-electron chi connectivity index (χ0n) is 24.6. The molecule has 0 saturated carbocycles. The number of allylic oxidation sites excluding steroid dienone is 2. The maximum Gasteiger partial charge on any atom is 0.337 e. The first-order chi connectivity index (χ1) is 21.2. The number of carbonyl (C=O) groups is 2. The number of halogens is 1. The number of hydrogen-bond acceptors (Lipinski definition) is 8. The third kappa shape index (κ3) is 8.04. The van der Waals surface area contributed by atoms with Gasteiger partial charge in [0.15, 0.2) is 11.5 Å². The van der Waals surface area contributed by atoms with Gasteiger partial charge in [-0.25, -0.2) is 4.79 Å². The number of ether oxygens (including phenoxy) is 3. The van der Waals surface area contributed by atoms with E-state index in [-0.39, 0.29) is 29.4 Å². The fourth-order valence-corrected chi connectivity index (χ4v) is 5.89. The average Bonchev–Trinajstić information content (AvgIpc) is 3.01. The third-order valence-corrected chi connectivity index (χ3v) is 7.87. The number of nitrogens with zero attached hydrogens (tertiary/aromatic N) is 1. The number of hydrogen-bond donors (Lipinski definition) is 2. The maximum atomic E-state index is 13.3. The maximum absolute atomic E-state index is 13.3. The fourth-order valence-electron chi connectivity index (χ4n) is 4.70. The van der Waals surface area contributed by atoms with Crippen LogP contribution in [-0.4, -0.2) is 31.3 Å². The molecule has 8 nitrogen and oxygen atoms in total.